The second kappa shape index (κ2) is 6.15. The smallest absolute Gasteiger partial charge is 0.312 e. The minimum absolute atomic E-state index is 0.0158. The molecule has 6 heteroatoms. The predicted octanol–water partition coefficient (Wildman–Crippen LogP) is 1.79. The molecule has 0 radical (unpaired) electrons. The molecule has 0 bridgehead atoms. The standard InChI is InChI=1S/C15H16ClN3O2/c1-10(2)19-6-5-18(14(20)15(19)21)9-12-4-3-11(8-17)7-13(12)16/h3-4,7,10H,5-6,9H2,1-2H3. The Bertz CT molecular complexity index is 622. The fourth-order valence-corrected chi connectivity index (χ4v) is 2.52. The highest BCUT2D eigenvalue weighted by atomic mass is 35.5. The lowest BCUT2D eigenvalue weighted by Gasteiger charge is -2.36. The molecule has 5 nitrogen and oxygen atoms in total. The Morgan fingerprint density at radius 1 is 1.29 bits per heavy atom. The minimum atomic E-state index is -0.504. The maximum atomic E-state index is 12.1. The third kappa shape index (κ3) is 3.17. The van der Waals surface area contributed by atoms with Crippen molar-refractivity contribution in [2.24, 2.45) is 0 Å². The number of amides is 2. The quantitative estimate of drug-likeness (QED) is 0.800. The summed E-state index contributed by atoms with van der Waals surface area (Å²) in [5.74, 6) is -0.976. The largest absolute Gasteiger partial charge is 0.330 e. The van der Waals surface area contributed by atoms with Crippen LogP contribution < -0.4 is 0 Å². The van der Waals surface area contributed by atoms with Crippen molar-refractivity contribution in [1.29, 1.82) is 5.26 Å². The van der Waals surface area contributed by atoms with Gasteiger partial charge in [-0.2, -0.15) is 5.26 Å². The zero-order valence-corrected chi connectivity index (χ0v) is 12.7. The summed E-state index contributed by atoms with van der Waals surface area (Å²) in [5, 5.41) is 9.24. The molecule has 0 atom stereocenters. The Morgan fingerprint density at radius 2 is 2.00 bits per heavy atom. The maximum absolute atomic E-state index is 12.1. The van der Waals surface area contributed by atoms with E-state index in [1.165, 1.54) is 4.90 Å². The van der Waals surface area contributed by atoms with Crippen molar-refractivity contribution in [1.82, 2.24) is 9.80 Å². The number of nitriles is 1. The Kier molecular flexibility index (Phi) is 4.49. The van der Waals surface area contributed by atoms with Crippen LogP contribution in [-0.2, 0) is 16.1 Å². The number of piperazine rings is 1. The monoisotopic (exact) mass is 305 g/mol. The summed E-state index contributed by atoms with van der Waals surface area (Å²) < 4.78 is 0. The first kappa shape index (κ1) is 15.3. The van der Waals surface area contributed by atoms with Crippen LogP contribution in [-0.4, -0.2) is 40.7 Å². The molecule has 0 aliphatic carbocycles. The van der Waals surface area contributed by atoms with Gasteiger partial charge in [0.2, 0.25) is 0 Å². The zero-order chi connectivity index (χ0) is 15.6. The molecule has 1 heterocycles. The summed E-state index contributed by atoms with van der Waals surface area (Å²) in [6.07, 6.45) is 0. The van der Waals surface area contributed by atoms with Gasteiger partial charge in [0.05, 0.1) is 11.6 Å². The fraction of sp³-hybridized carbons (Fsp3) is 0.400. The average Bonchev–Trinajstić information content (AvgIpc) is 2.45. The van der Waals surface area contributed by atoms with Crippen molar-refractivity contribution in [3.8, 4) is 6.07 Å². The Hall–Kier alpha value is -2.06. The first-order chi connectivity index (χ1) is 9.93. The van der Waals surface area contributed by atoms with Gasteiger partial charge in [-0.1, -0.05) is 17.7 Å². The van der Waals surface area contributed by atoms with E-state index in [-0.39, 0.29) is 12.6 Å². The Balaban J connectivity index is 2.13. The van der Waals surface area contributed by atoms with Gasteiger partial charge in [0, 0.05) is 30.7 Å². The molecule has 1 saturated heterocycles. The van der Waals surface area contributed by atoms with Crippen LogP contribution in [0.25, 0.3) is 0 Å². The first-order valence-electron chi connectivity index (χ1n) is 6.72. The summed E-state index contributed by atoms with van der Waals surface area (Å²) >= 11 is 6.11. The topological polar surface area (TPSA) is 64.4 Å². The summed E-state index contributed by atoms with van der Waals surface area (Å²) in [7, 11) is 0. The number of hydrogen-bond donors (Lipinski definition) is 0. The van der Waals surface area contributed by atoms with E-state index in [1.807, 2.05) is 19.9 Å². The van der Waals surface area contributed by atoms with Gasteiger partial charge in [-0.25, -0.2) is 0 Å². The number of halogens is 1. The number of carbonyl (C=O) groups excluding carboxylic acids is 2. The maximum Gasteiger partial charge on any atom is 0.312 e. The van der Waals surface area contributed by atoms with Crippen molar-refractivity contribution < 1.29 is 9.59 Å². The summed E-state index contributed by atoms with van der Waals surface area (Å²) in [6.45, 7) is 5.06. The van der Waals surface area contributed by atoms with Gasteiger partial charge < -0.3 is 9.80 Å². The molecule has 0 N–H and O–H groups in total. The molecule has 110 valence electrons. The highest BCUT2D eigenvalue weighted by Crippen LogP contribution is 2.21. The number of hydrogen-bond acceptors (Lipinski definition) is 3. The van der Waals surface area contributed by atoms with Gasteiger partial charge >= 0.3 is 11.8 Å². The van der Waals surface area contributed by atoms with Crippen LogP contribution in [0.2, 0.25) is 5.02 Å². The summed E-state index contributed by atoms with van der Waals surface area (Å²) in [4.78, 5) is 27.2. The van der Waals surface area contributed by atoms with Crippen molar-refractivity contribution >= 4 is 23.4 Å². The molecule has 0 spiro atoms. The van der Waals surface area contributed by atoms with Crippen LogP contribution in [0.3, 0.4) is 0 Å². The molecule has 0 unspecified atom stereocenters. The highest BCUT2D eigenvalue weighted by molar-refractivity contribution is 6.35. The van der Waals surface area contributed by atoms with Crippen LogP contribution in [0, 0.1) is 11.3 Å². The molecule has 1 aromatic carbocycles. The third-order valence-corrected chi connectivity index (χ3v) is 3.86. The molecule has 1 aliphatic heterocycles. The van der Waals surface area contributed by atoms with Crippen LogP contribution in [0.1, 0.15) is 25.0 Å². The second-order valence-corrected chi connectivity index (χ2v) is 5.64. The molecular weight excluding hydrogens is 290 g/mol. The first-order valence-corrected chi connectivity index (χ1v) is 7.10. The molecule has 1 aliphatic rings. The van der Waals surface area contributed by atoms with E-state index in [0.717, 1.165) is 5.56 Å². The van der Waals surface area contributed by atoms with Crippen LogP contribution >= 0.6 is 11.6 Å². The van der Waals surface area contributed by atoms with Crippen LogP contribution in [0.5, 0.6) is 0 Å². The Morgan fingerprint density at radius 3 is 2.57 bits per heavy atom. The minimum Gasteiger partial charge on any atom is -0.330 e. The van der Waals surface area contributed by atoms with Gasteiger partial charge in [-0.15, -0.1) is 0 Å². The van der Waals surface area contributed by atoms with Gasteiger partial charge in [0.15, 0.2) is 0 Å². The van der Waals surface area contributed by atoms with Gasteiger partial charge in [-0.3, -0.25) is 9.59 Å². The fourth-order valence-electron chi connectivity index (χ4n) is 2.28. The van der Waals surface area contributed by atoms with Gasteiger partial charge in [0.25, 0.3) is 0 Å². The summed E-state index contributed by atoms with van der Waals surface area (Å²) in [5.41, 5.74) is 1.20. The molecular formula is C15H16ClN3O2. The van der Waals surface area contributed by atoms with Crippen molar-refractivity contribution in [2.75, 3.05) is 13.1 Å². The van der Waals surface area contributed by atoms with Gasteiger partial charge in [-0.05, 0) is 31.5 Å². The van der Waals surface area contributed by atoms with E-state index in [4.69, 9.17) is 16.9 Å². The van der Waals surface area contributed by atoms with Gasteiger partial charge in [0.1, 0.15) is 0 Å². The molecule has 0 aromatic heterocycles. The van der Waals surface area contributed by atoms with E-state index < -0.39 is 11.8 Å². The highest BCUT2D eigenvalue weighted by Gasteiger charge is 2.33. The van der Waals surface area contributed by atoms with E-state index in [9.17, 15) is 9.59 Å². The normalized spacial score (nSPS) is 15.6. The molecule has 2 amide bonds. The van der Waals surface area contributed by atoms with Crippen LogP contribution in [0.15, 0.2) is 18.2 Å². The SMILES string of the molecule is CC(C)N1CCN(Cc2ccc(C#N)cc2Cl)C(=O)C1=O. The lowest BCUT2D eigenvalue weighted by molar-refractivity contribution is -0.157. The number of nitrogens with zero attached hydrogens (tertiary/aromatic N) is 3. The van der Waals surface area contributed by atoms with E-state index in [1.54, 1.807) is 23.1 Å². The zero-order valence-electron chi connectivity index (χ0n) is 12.0. The second-order valence-electron chi connectivity index (χ2n) is 5.24. The molecule has 21 heavy (non-hydrogen) atoms. The van der Waals surface area contributed by atoms with Crippen molar-refractivity contribution in [3.63, 3.8) is 0 Å². The van der Waals surface area contributed by atoms with Crippen molar-refractivity contribution in [3.05, 3.63) is 34.3 Å². The summed E-state index contributed by atoms with van der Waals surface area (Å²) in [6, 6.07) is 6.95. The van der Waals surface area contributed by atoms with Crippen LogP contribution in [0.4, 0.5) is 0 Å². The average molecular weight is 306 g/mol. The molecule has 1 aromatic rings. The van der Waals surface area contributed by atoms with E-state index in [0.29, 0.717) is 23.7 Å². The molecule has 1 fully saturated rings. The lowest BCUT2D eigenvalue weighted by Crippen LogP contribution is -2.55. The third-order valence-electron chi connectivity index (χ3n) is 3.51. The lowest BCUT2D eigenvalue weighted by atomic mass is 10.1. The Labute approximate surface area is 128 Å². The predicted molar refractivity (Wildman–Crippen MR) is 78.4 cm³/mol. The number of benzene rings is 1. The molecule has 0 saturated carbocycles. The number of carbonyl (C=O) groups is 2. The van der Waals surface area contributed by atoms with E-state index in [2.05, 4.69) is 0 Å². The van der Waals surface area contributed by atoms with Crippen molar-refractivity contribution in [2.45, 2.75) is 26.4 Å². The molecule has 2 rings (SSSR count). The van der Waals surface area contributed by atoms with E-state index >= 15 is 0 Å². The number of rotatable bonds is 3.